The number of hydrogen-bond acceptors (Lipinski definition) is 4. The van der Waals surface area contributed by atoms with Crippen molar-refractivity contribution in [1.82, 2.24) is 4.98 Å². The van der Waals surface area contributed by atoms with Crippen molar-refractivity contribution in [2.45, 2.75) is 0 Å². The molecule has 102 valence electrons. The first kappa shape index (κ1) is 13.5. The second-order valence-electron chi connectivity index (χ2n) is 3.89. The van der Waals surface area contributed by atoms with Gasteiger partial charge < -0.3 is 15.2 Å². The molecule has 2 N–H and O–H groups in total. The number of nitrogens with zero attached hydrogens (tertiary/aromatic N) is 1. The van der Waals surface area contributed by atoms with Crippen molar-refractivity contribution in [2.24, 2.45) is 0 Å². The van der Waals surface area contributed by atoms with Crippen LogP contribution in [0.25, 0.3) is 0 Å². The Balaban J connectivity index is 2.32. The number of aromatic carboxylic acids is 1. The number of anilines is 1. The van der Waals surface area contributed by atoms with Crippen LogP contribution in [0, 0.1) is 0 Å². The van der Waals surface area contributed by atoms with Crippen molar-refractivity contribution >= 4 is 17.6 Å². The largest absolute Gasteiger partial charge is 0.497 e. The summed E-state index contributed by atoms with van der Waals surface area (Å²) in [4.78, 5) is 27.0. The molecule has 0 atom stereocenters. The average molecular weight is 272 g/mol. The number of carboxylic acid groups (broad SMARTS) is 1. The smallest absolute Gasteiger partial charge is 0.337 e. The Hall–Kier alpha value is -2.89. The first-order chi connectivity index (χ1) is 9.61. The van der Waals surface area contributed by atoms with Crippen LogP contribution in [0.1, 0.15) is 20.8 Å². The highest BCUT2D eigenvalue weighted by molar-refractivity contribution is 6.06. The van der Waals surface area contributed by atoms with Gasteiger partial charge in [0.05, 0.1) is 18.4 Å². The second kappa shape index (κ2) is 5.83. The number of pyridine rings is 1. The summed E-state index contributed by atoms with van der Waals surface area (Å²) in [6.45, 7) is 0. The molecule has 0 bridgehead atoms. The summed E-state index contributed by atoms with van der Waals surface area (Å²) in [7, 11) is 1.46. The van der Waals surface area contributed by atoms with Gasteiger partial charge in [-0.25, -0.2) is 4.79 Å². The molecule has 2 aromatic rings. The molecule has 6 nitrogen and oxygen atoms in total. The van der Waals surface area contributed by atoms with E-state index in [9.17, 15) is 9.59 Å². The Morgan fingerprint density at radius 3 is 2.65 bits per heavy atom. The summed E-state index contributed by atoms with van der Waals surface area (Å²) in [5.74, 6) is -1.17. The predicted octanol–water partition coefficient (Wildman–Crippen LogP) is 2.04. The minimum absolute atomic E-state index is 0.0184. The summed E-state index contributed by atoms with van der Waals surface area (Å²) >= 11 is 0. The lowest BCUT2D eigenvalue weighted by molar-refractivity contribution is 0.0698. The fraction of sp³-hybridized carbons (Fsp3) is 0.0714. The van der Waals surface area contributed by atoms with Crippen molar-refractivity contribution in [1.29, 1.82) is 0 Å². The predicted molar refractivity (Wildman–Crippen MR) is 72.1 cm³/mol. The fourth-order valence-electron chi connectivity index (χ4n) is 1.62. The van der Waals surface area contributed by atoms with E-state index in [1.807, 2.05) is 0 Å². The van der Waals surface area contributed by atoms with Crippen LogP contribution >= 0.6 is 0 Å². The molecule has 1 heterocycles. The van der Waals surface area contributed by atoms with E-state index >= 15 is 0 Å². The van der Waals surface area contributed by atoms with E-state index in [0.717, 1.165) is 0 Å². The molecule has 0 unspecified atom stereocenters. The first-order valence-corrected chi connectivity index (χ1v) is 5.75. The molecule has 1 aromatic carbocycles. The minimum Gasteiger partial charge on any atom is -0.497 e. The molecular weight excluding hydrogens is 260 g/mol. The van der Waals surface area contributed by atoms with Crippen LogP contribution in [0.15, 0.2) is 42.6 Å². The molecular formula is C14H12N2O4. The number of methoxy groups -OCH3 is 1. The van der Waals surface area contributed by atoms with Gasteiger partial charge in [0.1, 0.15) is 11.4 Å². The number of benzene rings is 1. The molecule has 1 amide bonds. The second-order valence-corrected chi connectivity index (χ2v) is 3.89. The van der Waals surface area contributed by atoms with Gasteiger partial charge in [-0.05, 0) is 24.3 Å². The van der Waals surface area contributed by atoms with Gasteiger partial charge in [0.2, 0.25) is 0 Å². The lowest BCUT2D eigenvalue weighted by Crippen LogP contribution is -2.16. The molecule has 0 radical (unpaired) electrons. The highest BCUT2D eigenvalue weighted by atomic mass is 16.5. The van der Waals surface area contributed by atoms with Gasteiger partial charge in [0.25, 0.3) is 5.91 Å². The average Bonchev–Trinajstić information content (AvgIpc) is 2.47. The van der Waals surface area contributed by atoms with Crippen molar-refractivity contribution < 1.29 is 19.4 Å². The summed E-state index contributed by atoms with van der Waals surface area (Å²) in [5, 5.41) is 11.6. The minimum atomic E-state index is -1.14. The lowest BCUT2D eigenvalue weighted by atomic mass is 10.1. The number of carbonyl (C=O) groups excluding carboxylic acids is 1. The number of carbonyl (C=O) groups is 2. The molecule has 0 spiro atoms. The van der Waals surface area contributed by atoms with Gasteiger partial charge in [0, 0.05) is 12.3 Å². The molecule has 0 aliphatic carbocycles. The van der Waals surface area contributed by atoms with Crippen molar-refractivity contribution in [3.05, 3.63) is 53.9 Å². The Kier molecular flexibility index (Phi) is 3.95. The number of carboxylic acids is 1. The van der Waals surface area contributed by atoms with Gasteiger partial charge >= 0.3 is 5.97 Å². The van der Waals surface area contributed by atoms with E-state index in [1.54, 1.807) is 12.1 Å². The summed E-state index contributed by atoms with van der Waals surface area (Å²) in [5.41, 5.74) is 0.342. The molecule has 20 heavy (non-hydrogen) atoms. The molecule has 0 aliphatic heterocycles. The molecule has 0 aliphatic rings. The lowest BCUT2D eigenvalue weighted by Gasteiger charge is -2.10. The highest BCUT2D eigenvalue weighted by Gasteiger charge is 2.15. The Morgan fingerprint density at radius 2 is 2.05 bits per heavy atom. The van der Waals surface area contributed by atoms with Crippen molar-refractivity contribution in [3.8, 4) is 5.75 Å². The van der Waals surface area contributed by atoms with Gasteiger partial charge in [-0.1, -0.05) is 6.07 Å². The maximum atomic E-state index is 12.0. The van der Waals surface area contributed by atoms with E-state index in [-0.39, 0.29) is 16.9 Å². The van der Waals surface area contributed by atoms with Crippen molar-refractivity contribution in [2.75, 3.05) is 12.4 Å². The quantitative estimate of drug-likeness (QED) is 0.889. The highest BCUT2D eigenvalue weighted by Crippen LogP contribution is 2.23. The van der Waals surface area contributed by atoms with Gasteiger partial charge in [0.15, 0.2) is 0 Å². The van der Waals surface area contributed by atoms with E-state index in [4.69, 9.17) is 9.84 Å². The third-order valence-corrected chi connectivity index (χ3v) is 2.60. The summed E-state index contributed by atoms with van der Waals surface area (Å²) < 4.78 is 5.02. The Bertz CT molecular complexity index is 641. The number of ether oxygens (including phenoxy) is 1. The van der Waals surface area contributed by atoms with E-state index in [0.29, 0.717) is 5.75 Å². The first-order valence-electron chi connectivity index (χ1n) is 5.75. The van der Waals surface area contributed by atoms with Crippen LogP contribution in [0.3, 0.4) is 0 Å². The standard InChI is InChI=1S/C14H12N2O4/c1-20-9-5-6-10(14(18)19)12(8-9)16-13(17)11-4-2-3-7-15-11/h2-8H,1H3,(H,16,17)(H,18,19). The zero-order chi connectivity index (χ0) is 14.5. The normalized spacial score (nSPS) is 9.85. The van der Waals surface area contributed by atoms with Crippen LogP contribution in [-0.2, 0) is 0 Å². The number of amides is 1. The number of rotatable bonds is 4. The number of aromatic nitrogens is 1. The van der Waals surface area contributed by atoms with Gasteiger partial charge in [-0.2, -0.15) is 0 Å². The number of hydrogen-bond donors (Lipinski definition) is 2. The van der Waals surface area contributed by atoms with E-state index in [2.05, 4.69) is 10.3 Å². The topological polar surface area (TPSA) is 88.5 Å². The molecule has 6 heteroatoms. The zero-order valence-corrected chi connectivity index (χ0v) is 10.7. The fourth-order valence-corrected chi connectivity index (χ4v) is 1.62. The van der Waals surface area contributed by atoms with Gasteiger partial charge in [-0.3, -0.25) is 9.78 Å². The summed E-state index contributed by atoms with van der Waals surface area (Å²) in [6, 6.07) is 9.23. The molecule has 1 aromatic heterocycles. The van der Waals surface area contributed by atoms with Gasteiger partial charge in [-0.15, -0.1) is 0 Å². The molecule has 0 saturated heterocycles. The van der Waals surface area contributed by atoms with E-state index < -0.39 is 11.9 Å². The zero-order valence-electron chi connectivity index (χ0n) is 10.7. The van der Waals surface area contributed by atoms with Crippen LogP contribution in [0.2, 0.25) is 0 Å². The van der Waals surface area contributed by atoms with Crippen LogP contribution in [0.5, 0.6) is 5.75 Å². The molecule has 2 rings (SSSR count). The molecule has 0 saturated carbocycles. The monoisotopic (exact) mass is 272 g/mol. The third kappa shape index (κ3) is 2.92. The maximum Gasteiger partial charge on any atom is 0.337 e. The molecule has 0 fully saturated rings. The third-order valence-electron chi connectivity index (χ3n) is 2.60. The Morgan fingerprint density at radius 1 is 1.25 bits per heavy atom. The summed E-state index contributed by atoms with van der Waals surface area (Å²) in [6.07, 6.45) is 1.48. The van der Waals surface area contributed by atoms with Crippen LogP contribution < -0.4 is 10.1 Å². The van der Waals surface area contributed by atoms with Crippen LogP contribution in [-0.4, -0.2) is 29.1 Å². The number of nitrogens with one attached hydrogen (secondary N) is 1. The van der Waals surface area contributed by atoms with Crippen molar-refractivity contribution in [3.63, 3.8) is 0 Å². The maximum absolute atomic E-state index is 12.0. The van der Waals surface area contributed by atoms with E-state index in [1.165, 1.54) is 37.6 Å². The van der Waals surface area contributed by atoms with Crippen LogP contribution in [0.4, 0.5) is 5.69 Å². The SMILES string of the molecule is COc1ccc(C(=O)O)c(NC(=O)c2ccccn2)c1. The Labute approximate surface area is 115 Å².